The molecule has 0 aromatic carbocycles. The molecule has 1 aromatic heterocycles. The van der Waals surface area contributed by atoms with Crippen molar-refractivity contribution < 1.29 is 5.11 Å². The maximum atomic E-state index is 9.95. The molecule has 1 aliphatic heterocycles. The average Bonchev–Trinajstić information content (AvgIpc) is 2.67. The zero-order valence-corrected chi connectivity index (χ0v) is 12.5. The van der Waals surface area contributed by atoms with Crippen molar-refractivity contribution in [2.45, 2.75) is 59.2 Å². The first-order chi connectivity index (χ1) is 8.87. The molecule has 5 heteroatoms. The van der Waals surface area contributed by atoms with E-state index in [1.54, 1.807) is 6.33 Å². The summed E-state index contributed by atoms with van der Waals surface area (Å²) in [5.74, 6) is 1.02. The Morgan fingerprint density at radius 2 is 2.21 bits per heavy atom. The SMILES string of the molecule is CC(C)n1cnnc1CN1CC[C@@H](O)CC(C)(C)C1. The highest BCUT2D eigenvalue weighted by Crippen LogP contribution is 2.29. The van der Waals surface area contributed by atoms with E-state index in [1.165, 1.54) is 0 Å². The quantitative estimate of drug-likeness (QED) is 0.907. The first-order valence-corrected chi connectivity index (χ1v) is 7.16. The molecule has 0 aliphatic carbocycles. The fraction of sp³-hybridized carbons (Fsp3) is 0.857. The van der Waals surface area contributed by atoms with E-state index in [0.717, 1.165) is 38.3 Å². The summed E-state index contributed by atoms with van der Waals surface area (Å²) in [4.78, 5) is 2.39. The molecule has 1 atom stereocenters. The Labute approximate surface area is 115 Å². The highest BCUT2D eigenvalue weighted by molar-refractivity contribution is 4.90. The Morgan fingerprint density at radius 3 is 2.89 bits per heavy atom. The Balaban J connectivity index is 2.07. The van der Waals surface area contributed by atoms with E-state index in [-0.39, 0.29) is 11.5 Å². The zero-order valence-electron chi connectivity index (χ0n) is 12.5. The monoisotopic (exact) mass is 266 g/mol. The Kier molecular flexibility index (Phi) is 4.26. The van der Waals surface area contributed by atoms with Crippen molar-refractivity contribution in [2.24, 2.45) is 5.41 Å². The molecule has 0 saturated carbocycles. The minimum atomic E-state index is -0.178. The predicted octanol–water partition coefficient (Wildman–Crippen LogP) is 1.84. The standard InChI is InChI=1S/C14H26N4O/c1-11(2)18-10-15-16-13(18)8-17-6-5-12(19)7-14(3,4)9-17/h10-12,19H,5-9H2,1-4H3/t12-/m1/s1. The second kappa shape index (κ2) is 5.59. The molecule has 1 fully saturated rings. The molecule has 0 bridgehead atoms. The van der Waals surface area contributed by atoms with E-state index < -0.39 is 0 Å². The van der Waals surface area contributed by atoms with Gasteiger partial charge in [-0.05, 0) is 32.1 Å². The molecule has 1 aliphatic rings. The fourth-order valence-electron chi connectivity index (χ4n) is 2.97. The molecular formula is C14H26N4O. The summed E-state index contributed by atoms with van der Waals surface area (Å²) >= 11 is 0. The van der Waals surface area contributed by atoms with Crippen LogP contribution in [0.25, 0.3) is 0 Å². The van der Waals surface area contributed by atoms with Crippen molar-refractivity contribution in [3.63, 3.8) is 0 Å². The maximum absolute atomic E-state index is 9.95. The lowest BCUT2D eigenvalue weighted by Gasteiger charge is -2.29. The molecular weight excluding hydrogens is 240 g/mol. The summed E-state index contributed by atoms with van der Waals surface area (Å²) in [6.07, 6.45) is 3.35. The van der Waals surface area contributed by atoms with Crippen LogP contribution in [-0.4, -0.2) is 44.0 Å². The van der Waals surface area contributed by atoms with Crippen molar-refractivity contribution in [3.8, 4) is 0 Å². The molecule has 0 spiro atoms. The highest BCUT2D eigenvalue weighted by Gasteiger charge is 2.29. The van der Waals surface area contributed by atoms with Crippen LogP contribution in [0.15, 0.2) is 6.33 Å². The van der Waals surface area contributed by atoms with Crippen molar-refractivity contribution in [3.05, 3.63) is 12.2 Å². The molecule has 0 radical (unpaired) electrons. The summed E-state index contributed by atoms with van der Waals surface area (Å²) in [7, 11) is 0. The van der Waals surface area contributed by atoms with Crippen molar-refractivity contribution in [2.75, 3.05) is 13.1 Å². The first kappa shape index (κ1) is 14.5. The van der Waals surface area contributed by atoms with E-state index in [0.29, 0.717) is 6.04 Å². The van der Waals surface area contributed by atoms with Crippen LogP contribution in [0.2, 0.25) is 0 Å². The normalized spacial score (nSPS) is 24.6. The topological polar surface area (TPSA) is 54.2 Å². The number of aliphatic hydroxyl groups is 1. The predicted molar refractivity (Wildman–Crippen MR) is 74.7 cm³/mol. The van der Waals surface area contributed by atoms with Crippen LogP contribution < -0.4 is 0 Å². The van der Waals surface area contributed by atoms with Crippen LogP contribution >= 0.6 is 0 Å². The minimum absolute atomic E-state index is 0.151. The van der Waals surface area contributed by atoms with Gasteiger partial charge in [0.2, 0.25) is 0 Å². The molecule has 1 saturated heterocycles. The number of aromatic nitrogens is 3. The lowest BCUT2D eigenvalue weighted by molar-refractivity contribution is 0.121. The summed E-state index contributed by atoms with van der Waals surface area (Å²) in [5, 5.41) is 18.2. The highest BCUT2D eigenvalue weighted by atomic mass is 16.3. The van der Waals surface area contributed by atoms with Gasteiger partial charge in [0.05, 0.1) is 12.6 Å². The third-order valence-electron chi connectivity index (χ3n) is 3.79. The number of nitrogens with zero attached hydrogens (tertiary/aromatic N) is 4. The summed E-state index contributed by atoms with van der Waals surface area (Å²) in [5.41, 5.74) is 0.151. The third-order valence-corrected chi connectivity index (χ3v) is 3.79. The van der Waals surface area contributed by atoms with Crippen LogP contribution in [-0.2, 0) is 6.54 Å². The van der Waals surface area contributed by atoms with Crippen molar-refractivity contribution >= 4 is 0 Å². The Hall–Kier alpha value is -0.940. The van der Waals surface area contributed by atoms with Gasteiger partial charge in [0.1, 0.15) is 12.2 Å². The largest absolute Gasteiger partial charge is 0.393 e. The van der Waals surface area contributed by atoms with Crippen LogP contribution in [0.4, 0.5) is 0 Å². The van der Waals surface area contributed by atoms with E-state index in [9.17, 15) is 5.11 Å². The average molecular weight is 266 g/mol. The second-order valence-electron chi connectivity index (χ2n) is 6.77. The molecule has 2 heterocycles. The fourth-order valence-corrected chi connectivity index (χ4v) is 2.97. The number of likely N-dealkylation sites (tertiary alicyclic amines) is 1. The van der Waals surface area contributed by atoms with Gasteiger partial charge in [0.15, 0.2) is 0 Å². The lowest BCUT2D eigenvalue weighted by Crippen LogP contribution is -2.33. The van der Waals surface area contributed by atoms with Crippen molar-refractivity contribution in [1.29, 1.82) is 0 Å². The number of hydrogen-bond donors (Lipinski definition) is 1. The summed E-state index contributed by atoms with van der Waals surface area (Å²) in [6.45, 7) is 11.5. The molecule has 19 heavy (non-hydrogen) atoms. The zero-order chi connectivity index (χ0) is 14.0. The van der Waals surface area contributed by atoms with E-state index in [1.807, 2.05) is 0 Å². The minimum Gasteiger partial charge on any atom is -0.393 e. The van der Waals surface area contributed by atoms with Gasteiger partial charge >= 0.3 is 0 Å². The van der Waals surface area contributed by atoms with Gasteiger partial charge in [-0.1, -0.05) is 13.8 Å². The van der Waals surface area contributed by atoms with Crippen molar-refractivity contribution in [1.82, 2.24) is 19.7 Å². The molecule has 1 N–H and O–H groups in total. The smallest absolute Gasteiger partial charge is 0.147 e. The van der Waals surface area contributed by atoms with Gasteiger partial charge in [-0.3, -0.25) is 4.90 Å². The van der Waals surface area contributed by atoms with Gasteiger partial charge in [-0.15, -0.1) is 10.2 Å². The number of rotatable bonds is 3. The van der Waals surface area contributed by atoms with Gasteiger partial charge in [0, 0.05) is 19.1 Å². The Morgan fingerprint density at radius 1 is 1.47 bits per heavy atom. The van der Waals surface area contributed by atoms with Gasteiger partial charge in [-0.2, -0.15) is 0 Å². The molecule has 108 valence electrons. The molecule has 0 amide bonds. The number of aliphatic hydroxyl groups excluding tert-OH is 1. The van der Waals surface area contributed by atoms with Crippen LogP contribution in [0.1, 0.15) is 52.4 Å². The molecule has 1 aromatic rings. The van der Waals surface area contributed by atoms with E-state index >= 15 is 0 Å². The van der Waals surface area contributed by atoms with E-state index in [2.05, 4.69) is 47.4 Å². The van der Waals surface area contributed by atoms with Crippen LogP contribution in [0, 0.1) is 5.41 Å². The van der Waals surface area contributed by atoms with Crippen LogP contribution in [0.3, 0.4) is 0 Å². The van der Waals surface area contributed by atoms with Crippen LogP contribution in [0.5, 0.6) is 0 Å². The summed E-state index contributed by atoms with van der Waals surface area (Å²) < 4.78 is 2.12. The second-order valence-corrected chi connectivity index (χ2v) is 6.77. The summed E-state index contributed by atoms with van der Waals surface area (Å²) in [6, 6.07) is 0.385. The maximum Gasteiger partial charge on any atom is 0.147 e. The third kappa shape index (κ3) is 3.76. The molecule has 5 nitrogen and oxygen atoms in total. The first-order valence-electron chi connectivity index (χ1n) is 7.16. The molecule has 0 unspecified atom stereocenters. The number of hydrogen-bond acceptors (Lipinski definition) is 4. The van der Waals surface area contributed by atoms with Gasteiger partial charge in [0.25, 0.3) is 0 Å². The van der Waals surface area contributed by atoms with Gasteiger partial charge < -0.3 is 9.67 Å². The lowest BCUT2D eigenvalue weighted by atomic mass is 9.87. The van der Waals surface area contributed by atoms with Gasteiger partial charge in [-0.25, -0.2) is 0 Å². The molecule has 2 rings (SSSR count). The Bertz CT molecular complexity index is 413. The van der Waals surface area contributed by atoms with E-state index in [4.69, 9.17) is 0 Å².